The monoisotopic (exact) mass is 295 g/mol. The van der Waals surface area contributed by atoms with Gasteiger partial charge in [0.05, 0.1) is 11.3 Å². The van der Waals surface area contributed by atoms with E-state index in [2.05, 4.69) is 15.3 Å². The number of hydrogen-bond acceptors (Lipinski definition) is 5. The molecule has 2 aromatic heterocycles. The number of aromatic nitrogens is 2. The SMILES string of the molecule is O=C(O)c1cc(Cl)nc(Nc2nc3c(s2)CCC3)c1. The topological polar surface area (TPSA) is 75.1 Å². The molecule has 3 rings (SSSR count). The average Bonchev–Trinajstić information content (AvgIpc) is 2.88. The summed E-state index contributed by atoms with van der Waals surface area (Å²) >= 11 is 7.39. The molecule has 0 aromatic carbocycles. The summed E-state index contributed by atoms with van der Waals surface area (Å²) in [7, 11) is 0. The molecule has 0 radical (unpaired) electrons. The Morgan fingerprint density at radius 2 is 2.21 bits per heavy atom. The van der Waals surface area contributed by atoms with E-state index in [1.54, 1.807) is 11.3 Å². The number of nitrogens with zero attached hydrogens (tertiary/aromatic N) is 2. The number of pyridine rings is 1. The number of nitrogens with one attached hydrogen (secondary N) is 1. The first-order valence-electron chi connectivity index (χ1n) is 5.78. The highest BCUT2D eigenvalue weighted by Crippen LogP contribution is 2.32. The van der Waals surface area contributed by atoms with Crippen molar-refractivity contribution < 1.29 is 9.90 Å². The van der Waals surface area contributed by atoms with Crippen LogP contribution < -0.4 is 5.32 Å². The maximum atomic E-state index is 10.9. The fourth-order valence-corrected chi connectivity index (χ4v) is 3.30. The van der Waals surface area contributed by atoms with E-state index in [4.69, 9.17) is 16.7 Å². The second-order valence-electron chi connectivity index (χ2n) is 4.24. The third-order valence-corrected chi connectivity index (χ3v) is 4.14. The van der Waals surface area contributed by atoms with Crippen molar-refractivity contribution in [1.82, 2.24) is 9.97 Å². The molecule has 0 amide bonds. The van der Waals surface area contributed by atoms with Gasteiger partial charge >= 0.3 is 5.97 Å². The zero-order chi connectivity index (χ0) is 13.4. The molecule has 19 heavy (non-hydrogen) atoms. The predicted octanol–water partition coefficient (Wildman–Crippen LogP) is 3.12. The largest absolute Gasteiger partial charge is 0.478 e. The lowest BCUT2D eigenvalue weighted by atomic mass is 10.2. The first-order chi connectivity index (χ1) is 9.11. The molecule has 2 heterocycles. The number of anilines is 2. The molecule has 2 aromatic rings. The summed E-state index contributed by atoms with van der Waals surface area (Å²) in [6.45, 7) is 0. The lowest BCUT2D eigenvalue weighted by Gasteiger charge is -2.04. The fourth-order valence-electron chi connectivity index (χ4n) is 2.04. The number of fused-ring (bicyclic) bond motifs is 1. The van der Waals surface area contributed by atoms with Gasteiger partial charge in [-0.05, 0) is 31.4 Å². The zero-order valence-electron chi connectivity index (χ0n) is 9.81. The van der Waals surface area contributed by atoms with Crippen molar-refractivity contribution in [2.45, 2.75) is 19.3 Å². The summed E-state index contributed by atoms with van der Waals surface area (Å²) in [5.41, 5.74) is 1.24. The molecular formula is C12H10ClN3O2S. The van der Waals surface area contributed by atoms with Crippen LogP contribution in [0.3, 0.4) is 0 Å². The number of rotatable bonds is 3. The van der Waals surface area contributed by atoms with Crippen molar-refractivity contribution in [3.63, 3.8) is 0 Å². The number of aromatic carboxylic acids is 1. The molecule has 7 heteroatoms. The van der Waals surface area contributed by atoms with E-state index < -0.39 is 5.97 Å². The van der Waals surface area contributed by atoms with Crippen LogP contribution in [0, 0.1) is 0 Å². The molecule has 1 aliphatic rings. The summed E-state index contributed by atoms with van der Waals surface area (Å²) in [6, 6.07) is 2.76. The predicted molar refractivity (Wildman–Crippen MR) is 73.6 cm³/mol. The molecular weight excluding hydrogens is 286 g/mol. The smallest absolute Gasteiger partial charge is 0.335 e. The van der Waals surface area contributed by atoms with Crippen LogP contribution in [0.2, 0.25) is 5.15 Å². The molecule has 5 nitrogen and oxygen atoms in total. The fraction of sp³-hybridized carbons (Fsp3) is 0.250. The lowest BCUT2D eigenvalue weighted by Crippen LogP contribution is -2.00. The van der Waals surface area contributed by atoms with Crippen molar-refractivity contribution in [2.75, 3.05) is 5.32 Å². The Kier molecular flexibility index (Phi) is 3.12. The second-order valence-corrected chi connectivity index (χ2v) is 5.71. The van der Waals surface area contributed by atoms with Gasteiger partial charge in [0, 0.05) is 4.88 Å². The van der Waals surface area contributed by atoms with Gasteiger partial charge < -0.3 is 10.4 Å². The standard InChI is InChI=1S/C12H10ClN3O2S/c13-9-4-6(11(17)18)5-10(15-9)16-12-14-7-2-1-3-8(7)19-12/h4-5H,1-3H2,(H,17,18)(H,14,15,16). The quantitative estimate of drug-likeness (QED) is 0.851. The molecule has 0 saturated heterocycles. The minimum atomic E-state index is -1.03. The highest BCUT2D eigenvalue weighted by atomic mass is 35.5. The first-order valence-corrected chi connectivity index (χ1v) is 6.98. The van der Waals surface area contributed by atoms with Crippen LogP contribution in [0.1, 0.15) is 27.3 Å². The summed E-state index contributed by atoms with van der Waals surface area (Å²) in [6.07, 6.45) is 3.24. The van der Waals surface area contributed by atoms with E-state index in [0.29, 0.717) is 5.82 Å². The Labute approximate surface area is 118 Å². The van der Waals surface area contributed by atoms with Gasteiger partial charge in [-0.15, -0.1) is 11.3 Å². The number of carbonyl (C=O) groups is 1. The van der Waals surface area contributed by atoms with Gasteiger partial charge in [0.2, 0.25) is 0 Å². The second kappa shape index (κ2) is 4.79. The third kappa shape index (κ3) is 2.54. The van der Waals surface area contributed by atoms with Crippen molar-refractivity contribution >= 4 is 39.9 Å². The van der Waals surface area contributed by atoms with Crippen molar-refractivity contribution in [3.8, 4) is 0 Å². The molecule has 0 spiro atoms. The van der Waals surface area contributed by atoms with Crippen LogP contribution in [-0.4, -0.2) is 21.0 Å². The zero-order valence-corrected chi connectivity index (χ0v) is 11.4. The van der Waals surface area contributed by atoms with Crippen LogP contribution >= 0.6 is 22.9 Å². The van der Waals surface area contributed by atoms with Gasteiger partial charge in [-0.1, -0.05) is 11.6 Å². The van der Waals surface area contributed by atoms with Crippen molar-refractivity contribution in [1.29, 1.82) is 0 Å². The number of carboxylic acid groups (broad SMARTS) is 1. The minimum Gasteiger partial charge on any atom is -0.478 e. The highest BCUT2D eigenvalue weighted by Gasteiger charge is 2.17. The van der Waals surface area contributed by atoms with E-state index in [0.717, 1.165) is 30.1 Å². The molecule has 0 unspecified atom stereocenters. The Balaban J connectivity index is 1.87. The average molecular weight is 296 g/mol. The molecule has 0 bridgehead atoms. The highest BCUT2D eigenvalue weighted by molar-refractivity contribution is 7.15. The van der Waals surface area contributed by atoms with Gasteiger partial charge in [-0.25, -0.2) is 14.8 Å². The molecule has 0 aliphatic heterocycles. The number of hydrogen-bond donors (Lipinski definition) is 2. The van der Waals surface area contributed by atoms with E-state index in [-0.39, 0.29) is 10.7 Å². The van der Waals surface area contributed by atoms with E-state index in [9.17, 15) is 4.79 Å². The molecule has 0 atom stereocenters. The van der Waals surface area contributed by atoms with Crippen LogP contribution in [0.25, 0.3) is 0 Å². The summed E-state index contributed by atoms with van der Waals surface area (Å²) < 4.78 is 0. The van der Waals surface area contributed by atoms with Crippen molar-refractivity contribution in [2.24, 2.45) is 0 Å². The number of carboxylic acids is 1. The molecule has 2 N–H and O–H groups in total. The van der Waals surface area contributed by atoms with E-state index in [1.165, 1.54) is 17.0 Å². The van der Waals surface area contributed by atoms with Crippen molar-refractivity contribution in [3.05, 3.63) is 33.4 Å². The minimum absolute atomic E-state index is 0.103. The maximum Gasteiger partial charge on any atom is 0.335 e. The summed E-state index contributed by atoms with van der Waals surface area (Å²) in [5, 5.41) is 12.9. The van der Waals surface area contributed by atoms with E-state index in [1.807, 2.05) is 0 Å². The van der Waals surface area contributed by atoms with Crippen LogP contribution in [0.5, 0.6) is 0 Å². The summed E-state index contributed by atoms with van der Waals surface area (Å²) in [5.74, 6) is -0.633. The van der Waals surface area contributed by atoms with Gasteiger partial charge in [0.1, 0.15) is 11.0 Å². The third-order valence-electron chi connectivity index (χ3n) is 2.87. The molecule has 0 saturated carbocycles. The van der Waals surface area contributed by atoms with Crippen LogP contribution in [-0.2, 0) is 12.8 Å². The number of thiazole rings is 1. The Morgan fingerprint density at radius 3 is 2.95 bits per heavy atom. The van der Waals surface area contributed by atoms with E-state index >= 15 is 0 Å². The lowest BCUT2D eigenvalue weighted by molar-refractivity contribution is 0.0697. The summed E-state index contributed by atoms with van der Waals surface area (Å²) in [4.78, 5) is 20.8. The van der Waals surface area contributed by atoms with Crippen LogP contribution in [0.15, 0.2) is 12.1 Å². The van der Waals surface area contributed by atoms with Gasteiger partial charge in [-0.3, -0.25) is 0 Å². The molecule has 0 fully saturated rings. The Morgan fingerprint density at radius 1 is 1.37 bits per heavy atom. The van der Waals surface area contributed by atoms with Gasteiger partial charge in [0.25, 0.3) is 0 Å². The number of halogens is 1. The van der Waals surface area contributed by atoms with Crippen LogP contribution in [0.4, 0.5) is 10.9 Å². The maximum absolute atomic E-state index is 10.9. The Hall–Kier alpha value is -1.66. The van der Waals surface area contributed by atoms with Gasteiger partial charge in [-0.2, -0.15) is 0 Å². The first kappa shape index (κ1) is 12.4. The van der Waals surface area contributed by atoms with Gasteiger partial charge in [0.15, 0.2) is 5.13 Å². The number of aryl methyl sites for hydroxylation is 2. The normalized spacial score (nSPS) is 13.3. The Bertz CT molecular complexity index is 635. The molecule has 98 valence electrons. The molecule has 1 aliphatic carbocycles.